The van der Waals surface area contributed by atoms with E-state index in [-0.39, 0.29) is 0 Å². The molecule has 2 fully saturated rings. The zero-order valence-electron chi connectivity index (χ0n) is 9.82. The Kier molecular flexibility index (Phi) is 2.98. The Morgan fingerprint density at radius 2 is 2.24 bits per heavy atom. The standard InChI is InChI=1S/C12H16IN3O/c1-2-8-10(13)11(14)16-12(15-8)7-5-6-3-4-9(7)17-6/h6-7,9H,2-5H2,1H3,(H2,14,15,16). The predicted molar refractivity (Wildman–Crippen MR) is 73.8 cm³/mol. The van der Waals surface area contributed by atoms with Crippen molar-refractivity contribution in [1.29, 1.82) is 0 Å². The molecule has 0 spiro atoms. The molecule has 2 aliphatic heterocycles. The largest absolute Gasteiger partial charge is 0.383 e. The van der Waals surface area contributed by atoms with Crippen LogP contribution in [0.1, 0.15) is 43.6 Å². The number of nitrogens with two attached hydrogens (primary N) is 1. The molecule has 92 valence electrons. The number of aromatic nitrogens is 2. The molecule has 0 radical (unpaired) electrons. The van der Waals surface area contributed by atoms with Crippen molar-refractivity contribution in [2.24, 2.45) is 0 Å². The van der Waals surface area contributed by atoms with Crippen LogP contribution in [0.5, 0.6) is 0 Å². The maximum Gasteiger partial charge on any atom is 0.140 e. The summed E-state index contributed by atoms with van der Waals surface area (Å²) in [5, 5.41) is 0. The fourth-order valence-electron chi connectivity index (χ4n) is 2.84. The van der Waals surface area contributed by atoms with Crippen molar-refractivity contribution in [3.63, 3.8) is 0 Å². The molecule has 17 heavy (non-hydrogen) atoms. The maximum atomic E-state index is 5.96. The third-order valence-corrected chi connectivity index (χ3v) is 4.91. The summed E-state index contributed by atoms with van der Waals surface area (Å²) in [5.74, 6) is 1.88. The van der Waals surface area contributed by atoms with Crippen LogP contribution in [0.15, 0.2) is 0 Å². The molecule has 3 unspecified atom stereocenters. The van der Waals surface area contributed by atoms with Gasteiger partial charge in [0.25, 0.3) is 0 Å². The average molecular weight is 345 g/mol. The Morgan fingerprint density at radius 1 is 1.41 bits per heavy atom. The summed E-state index contributed by atoms with van der Waals surface area (Å²) in [6, 6.07) is 0. The molecule has 2 saturated heterocycles. The Labute approximate surface area is 114 Å². The van der Waals surface area contributed by atoms with Crippen LogP contribution in [0, 0.1) is 3.57 Å². The van der Waals surface area contributed by atoms with Gasteiger partial charge in [-0.05, 0) is 48.3 Å². The highest BCUT2D eigenvalue weighted by atomic mass is 127. The van der Waals surface area contributed by atoms with Crippen LogP contribution in [0.3, 0.4) is 0 Å². The third kappa shape index (κ3) is 1.93. The van der Waals surface area contributed by atoms with Gasteiger partial charge in [0.2, 0.25) is 0 Å². The molecule has 3 atom stereocenters. The molecule has 3 heterocycles. The monoisotopic (exact) mass is 345 g/mol. The molecule has 1 aromatic heterocycles. The van der Waals surface area contributed by atoms with Gasteiger partial charge in [0.15, 0.2) is 0 Å². The van der Waals surface area contributed by atoms with Gasteiger partial charge >= 0.3 is 0 Å². The van der Waals surface area contributed by atoms with Crippen molar-refractivity contribution < 1.29 is 4.74 Å². The summed E-state index contributed by atoms with van der Waals surface area (Å²) in [7, 11) is 0. The van der Waals surface area contributed by atoms with Crippen molar-refractivity contribution in [3.8, 4) is 0 Å². The molecule has 3 rings (SSSR count). The SMILES string of the molecule is CCc1nc(C2CC3CCC2O3)nc(N)c1I. The number of hydrogen-bond acceptors (Lipinski definition) is 4. The molecule has 5 heteroatoms. The summed E-state index contributed by atoms with van der Waals surface area (Å²) < 4.78 is 6.86. The van der Waals surface area contributed by atoms with Gasteiger partial charge in [-0.25, -0.2) is 9.97 Å². The quantitative estimate of drug-likeness (QED) is 0.836. The summed E-state index contributed by atoms with van der Waals surface area (Å²) in [5.41, 5.74) is 7.03. The van der Waals surface area contributed by atoms with E-state index in [1.54, 1.807) is 0 Å². The van der Waals surface area contributed by atoms with Crippen LogP contribution in [-0.4, -0.2) is 22.2 Å². The topological polar surface area (TPSA) is 61.0 Å². The smallest absolute Gasteiger partial charge is 0.140 e. The Morgan fingerprint density at radius 3 is 2.82 bits per heavy atom. The first-order valence-electron chi connectivity index (χ1n) is 6.16. The van der Waals surface area contributed by atoms with Gasteiger partial charge < -0.3 is 10.5 Å². The number of nitrogens with zero attached hydrogens (tertiary/aromatic N) is 2. The second-order valence-corrected chi connectivity index (χ2v) is 5.88. The molecule has 0 aromatic carbocycles. The van der Waals surface area contributed by atoms with Gasteiger partial charge in [-0.3, -0.25) is 0 Å². The Hall–Kier alpha value is -0.430. The summed E-state index contributed by atoms with van der Waals surface area (Å²) in [6.45, 7) is 2.10. The lowest BCUT2D eigenvalue weighted by molar-refractivity contribution is 0.0998. The molecule has 0 amide bonds. The first kappa shape index (κ1) is 11.6. The highest BCUT2D eigenvalue weighted by Crippen LogP contribution is 2.43. The van der Waals surface area contributed by atoms with E-state index in [4.69, 9.17) is 10.5 Å². The van der Waals surface area contributed by atoms with E-state index in [0.717, 1.165) is 34.4 Å². The van der Waals surface area contributed by atoms with Gasteiger partial charge in [0.05, 0.1) is 21.5 Å². The van der Waals surface area contributed by atoms with Crippen LogP contribution < -0.4 is 5.73 Å². The average Bonchev–Trinajstić information content (AvgIpc) is 2.94. The minimum atomic E-state index is 0.323. The molecular weight excluding hydrogens is 329 g/mol. The van der Waals surface area contributed by atoms with E-state index >= 15 is 0 Å². The molecular formula is C12H16IN3O. The van der Waals surface area contributed by atoms with Crippen molar-refractivity contribution in [2.45, 2.75) is 50.7 Å². The highest BCUT2D eigenvalue weighted by molar-refractivity contribution is 14.1. The number of fused-ring (bicyclic) bond motifs is 2. The second-order valence-electron chi connectivity index (χ2n) is 4.80. The first-order valence-corrected chi connectivity index (χ1v) is 7.24. The zero-order chi connectivity index (χ0) is 12.0. The van der Waals surface area contributed by atoms with Gasteiger partial charge in [-0.2, -0.15) is 0 Å². The molecule has 2 aliphatic rings. The molecule has 1 aromatic rings. The van der Waals surface area contributed by atoms with E-state index < -0.39 is 0 Å². The number of ether oxygens (including phenoxy) is 1. The van der Waals surface area contributed by atoms with Gasteiger partial charge in [0, 0.05) is 5.92 Å². The fraction of sp³-hybridized carbons (Fsp3) is 0.667. The van der Waals surface area contributed by atoms with E-state index in [0.29, 0.717) is 23.9 Å². The number of rotatable bonds is 2. The Bertz CT molecular complexity index is 452. The molecule has 4 nitrogen and oxygen atoms in total. The Balaban J connectivity index is 1.95. The van der Waals surface area contributed by atoms with Crippen LogP contribution in [-0.2, 0) is 11.2 Å². The molecule has 2 N–H and O–H groups in total. The lowest BCUT2D eigenvalue weighted by atomic mass is 9.88. The van der Waals surface area contributed by atoms with Crippen molar-refractivity contribution in [2.75, 3.05) is 5.73 Å². The molecule has 2 bridgehead atoms. The fourth-order valence-corrected chi connectivity index (χ4v) is 3.46. The van der Waals surface area contributed by atoms with E-state index in [2.05, 4.69) is 39.5 Å². The maximum absolute atomic E-state index is 5.96. The second kappa shape index (κ2) is 4.35. The number of nitrogen functional groups attached to an aromatic ring is 1. The van der Waals surface area contributed by atoms with Crippen molar-refractivity contribution >= 4 is 28.4 Å². The lowest BCUT2D eigenvalue weighted by Crippen LogP contribution is -2.19. The lowest BCUT2D eigenvalue weighted by Gasteiger charge is -2.18. The van der Waals surface area contributed by atoms with Crippen LogP contribution in [0.2, 0.25) is 0 Å². The van der Waals surface area contributed by atoms with Gasteiger partial charge in [-0.15, -0.1) is 0 Å². The van der Waals surface area contributed by atoms with Crippen molar-refractivity contribution in [3.05, 3.63) is 15.1 Å². The minimum absolute atomic E-state index is 0.323. The van der Waals surface area contributed by atoms with Gasteiger partial charge in [0.1, 0.15) is 11.6 Å². The molecule has 0 saturated carbocycles. The number of halogens is 1. The van der Waals surface area contributed by atoms with Gasteiger partial charge in [-0.1, -0.05) is 6.92 Å². The summed E-state index contributed by atoms with van der Waals surface area (Å²) in [6.07, 6.45) is 5.06. The number of hydrogen-bond donors (Lipinski definition) is 1. The van der Waals surface area contributed by atoms with E-state index in [1.165, 1.54) is 6.42 Å². The normalized spacial score (nSPS) is 31.1. The summed E-state index contributed by atoms with van der Waals surface area (Å²) >= 11 is 2.23. The summed E-state index contributed by atoms with van der Waals surface area (Å²) in [4.78, 5) is 9.14. The number of aryl methyl sites for hydroxylation is 1. The molecule has 0 aliphatic carbocycles. The first-order chi connectivity index (χ1) is 8.19. The van der Waals surface area contributed by atoms with Crippen LogP contribution in [0.4, 0.5) is 5.82 Å². The highest BCUT2D eigenvalue weighted by Gasteiger charge is 2.43. The predicted octanol–water partition coefficient (Wildman–Crippen LogP) is 2.26. The van der Waals surface area contributed by atoms with Crippen LogP contribution in [0.25, 0.3) is 0 Å². The van der Waals surface area contributed by atoms with Crippen LogP contribution >= 0.6 is 22.6 Å². The minimum Gasteiger partial charge on any atom is -0.383 e. The third-order valence-electron chi connectivity index (χ3n) is 3.74. The number of anilines is 1. The zero-order valence-corrected chi connectivity index (χ0v) is 12.0. The van der Waals surface area contributed by atoms with E-state index in [1.807, 2.05) is 0 Å². The van der Waals surface area contributed by atoms with Crippen molar-refractivity contribution in [1.82, 2.24) is 9.97 Å². The van der Waals surface area contributed by atoms with E-state index in [9.17, 15) is 0 Å².